The summed E-state index contributed by atoms with van der Waals surface area (Å²) < 4.78 is 1.07. The second-order valence-electron chi connectivity index (χ2n) is 6.40. The van der Waals surface area contributed by atoms with Crippen molar-refractivity contribution in [2.75, 3.05) is 0 Å². The number of amides is 1. The predicted molar refractivity (Wildman–Crippen MR) is 90.1 cm³/mol. The van der Waals surface area contributed by atoms with Crippen molar-refractivity contribution in [1.29, 1.82) is 0 Å². The summed E-state index contributed by atoms with van der Waals surface area (Å²) >= 11 is 3.43. The van der Waals surface area contributed by atoms with E-state index in [2.05, 4.69) is 33.4 Å². The molecule has 0 saturated heterocycles. The average Bonchev–Trinajstić information content (AvgIpc) is 2.41. The van der Waals surface area contributed by atoms with Crippen molar-refractivity contribution in [1.82, 2.24) is 5.32 Å². The SMILES string of the molecule is CC(Cc1ccc(Br)cc1)NC(=O)CC1(N)CCCCC1. The van der Waals surface area contributed by atoms with Crippen molar-refractivity contribution in [2.45, 2.75) is 63.5 Å². The van der Waals surface area contributed by atoms with Crippen LogP contribution in [0.15, 0.2) is 28.7 Å². The van der Waals surface area contributed by atoms with Crippen LogP contribution in [-0.4, -0.2) is 17.5 Å². The van der Waals surface area contributed by atoms with Gasteiger partial charge in [0.05, 0.1) is 0 Å². The van der Waals surface area contributed by atoms with Crippen LogP contribution in [0.3, 0.4) is 0 Å². The van der Waals surface area contributed by atoms with Crippen molar-refractivity contribution in [3.63, 3.8) is 0 Å². The van der Waals surface area contributed by atoms with E-state index in [0.29, 0.717) is 6.42 Å². The molecule has 1 fully saturated rings. The summed E-state index contributed by atoms with van der Waals surface area (Å²) in [6, 6.07) is 8.35. The van der Waals surface area contributed by atoms with Gasteiger partial charge in [0, 0.05) is 22.5 Å². The van der Waals surface area contributed by atoms with Crippen molar-refractivity contribution in [2.24, 2.45) is 5.73 Å². The van der Waals surface area contributed by atoms with Gasteiger partial charge in [-0.15, -0.1) is 0 Å². The first-order valence-electron chi connectivity index (χ1n) is 7.80. The molecule has 2 rings (SSSR count). The second kappa shape index (κ2) is 7.41. The van der Waals surface area contributed by atoms with Gasteiger partial charge in [-0.05, 0) is 43.9 Å². The Hall–Kier alpha value is -0.870. The van der Waals surface area contributed by atoms with E-state index in [0.717, 1.165) is 36.6 Å². The Balaban J connectivity index is 1.80. The Kier molecular flexibility index (Phi) is 5.82. The smallest absolute Gasteiger partial charge is 0.222 e. The molecule has 0 radical (unpaired) electrons. The highest BCUT2D eigenvalue weighted by molar-refractivity contribution is 9.10. The lowest BCUT2D eigenvalue weighted by atomic mass is 9.80. The van der Waals surface area contributed by atoms with Crippen LogP contribution in [0.25, 0.3) is 0 Å². The maximum Gasteiger partial charge on any atom is 0.222 e. The van der Waals surface area contributed by atoms with E-state index < -0.39 is 0 Å². The van der Waals surface area contributed by atoms with Gasteiger partial charge in [0.2, 0.25) is 5.91 Å². The van der Waals surface area contributed by atoms with Gasteiger partial charge in [-0.2, -0.15) is 0 Å². The predicted octanol–water partition coefficient (Wildman–Crippen LogP) is 3.55. The van der Waals surface area contributed by atoms with Gasteiger partial charge in [-0.1, -0.05) is 47.3 Å². The highest BCUT2D eigenvalue weighted by Gasteiger charge is 2.30. The molecule has 0 aliphatic heterocycles. The van der Waals surface area contributed by atoms with Crippen LogP contribution in [0, 0.1) is 0 Å². The van der Waals surface area contributed by atoms with Crippen LogP contribution in [-0.2, 0) is 11.2 Å². The van der Waals surface area contributed by atoms with Gasteiger partial charge >= 0.3 is 0 Å². The van der Waals surface area contributed by atoms with Crippen LogP contribution in [0.4, 0.5) is 0 Å². The normalized spacial score (nSPS) is 19.0. The maximum absolute atomic E-state index is 12.2. The monoisotopic (exact) mass is 352 g/mol. The molecule has 1 aromatic carbocycles. The molecule has 4 heteroatoms. The first-order chi connectivity index (χ1) is 9.97. The van der Waals surface area contributed by atoms with Gasteiger partial charge in [-0.25, -0.2) is 0 Å². The number of nitrogens with one attached hydrogen (secondary N) is 1. The van der Waals surface area contributed by atoms with E-state index in [-0.39, 0.29) is 17.5 Å². The van der Waals surface area contributed by atoms with E-state index in [4.69, 9.17) is 5.73 Å². The fourth-order valence-corrected chi connectivity index (χ4v) is 3.37. The summed E-state index contributed by atoms with van der Waals surface area (Å²) in [5, 5.41) is 3.08. The van der Waals surface area contributed by atoms with Crippen LogP contribution in [0.1, 0.15) is 51.0 Å². The molecular weight excluding hydrogens is 328 g/mol. The van der Waals surface area contributed by atoms with Gasteiger partial charge in [0.1, 0.15) is 0 Å². The Labute approximate surface area is 135 Å². The third-order valence-corrected chi connectivity index (χ3v) is 4.75. The number of benzene rings is 1. The van der Waals surface area contributed by atoms with Crippen molar-refractivity contribution >= 4 is 21.8 Å². The van der Waals surface area contributed by atoms with E-state index in [9.17, 15) is 4.79 Å². The minimum atomic E-state index is -0.278. The zero-order chi connectivity index (χ0) is 15.3. The zero-order valence-corrected chi connectivity index (χ0v) is 14.3. The zero-order valence-electron chi connectivity index (χ0n) is 12.7. The minimum Gasteiger partial charge on any atom is -0.353 e. The number of carbonyl (C=O) groups excluding carboxylic acids is 1. The lowest BCUT2D eigenvalue weighted by Gasteiger charge is -2.33. The van der Waals surface area contributed by atoms with Crippen LogP contribution < -0.4 is 11.1 Å². The summed E-state index contributed by atoms with van der Waals surface area (Å²) in [5.41, 5.74) is 7.29. The van der Waals surface area contributed by atoms with E-state index >= 15 is 0 Å². The van der Waals surface area contributed by atoms with E-state index in [1.807, 2.05) is 19.1 Å². The number of carbonyl (C=O) groups is 1. The van der Waals surface area contributed by atoms with Crippen LogP contribution in [0.5, 0.6) is 0 Å². The van der Waals surface area contributed by atoms with Gasteiger partial charge in [0.25, 0.3) is 0 Å². The molecule has 0 bridgehead atoms. The maximum atomic E-state index is 12.2. The molecule has 21 heavy (non-hydrogen) atoms. The highest BCUT2D eigenvalue weighted by Crippen LogP contribution is 2.28. The van der Waals surface area contributed by atoms with Crippen LogP contribution in [0.2, 0.25) is 0 Å². The van der Waals surface area contributed by atoms with Crippen molar-refractivity contribution in [3.05, 3.63) is 34.3 Å². The third-order valence-electron chi connectivity index (χ3n) is 4.22. The first-order valence-corrected chi connectivity index (χ1v) is 8.59. The van der Waals surface area contributed by atoms with Gasteiger partial charge in [0.15, 0.2) is 0 Å². The van der Waals surface area contributed by atoms with Gasteiger partial charge < -0.3 is 11.1 Å². The van der Waals surface area contributed by atoms with Crippen molar-refractivity contribution < 1.29 is 4.79 Å². The number of hydrogen-bond acceptors (Lipinski definition) is 2. The molecule has 0 aromatic heterocycles. The fourth-order valence-electron chi connectivity index (χ4n) is 3.10. The Bertz CT molecular complexity index is 466. The summed E-state index contributed by atoms with van der Waals surface area (Å²) in [7, 11) is 0. The molecule has 1 aliphatic rings. The van der Waals surface area contributed by atoms with Gasteiger partial charge in [-0.3, -0.25) is 4.79 Å². The van der Waals surface area contributed by atoms with E-state index in [1.54, 1.807) is 0 Å². The summed E-state index contributed by atoms with van der Waals surface area (Å²) in [6.07, 6.45) is 6.80. The molecule has 0 heterocycles. The first kappa shape index (κ1) is 16.5. The number of halogens is 1. The molecule has 1 aromatic rings. The molecule has 1 amide bonds. The van der Waals surface area contributed by atoms with Crippen molar-refractivity contribution in [3.8, 4) is 0 Å². The standard InChI is InChI=1S/C17H25BrN2O/c1-13(11-14-5-7-15(18)8-6-14)20-16(21)12-17(19)9-3-2-4-10-17/h5-8,13H,2-4,9-12,19H2,1H3,(H,20,21). The summed E-state index contributed by atoms with van der Waals surface area (Å²) in [4.78, 5) is 12.2. The third kappa shape index (κ3) is 5.44. The molecular formula is C17H25BrN2O. The lowest BCUT2D eigenvalue weighted by molar-refractivity contribution is -0.123. The summed E-state index contributed by atoms with van der Waals surface area (Å²) in [6.45, 7) is 2.05. The summed E-state index contributed by atoms with van der Waals surface area (Å²) in [5.74, 6) is 0.0870. The second-order valence-corrected chi connectivity index (χ2v) is 7.31. The number of hydrogen-bond donors (Lipinski definition) is 2. The Morgan fingerprint density at radius 2 is 1.90 bits per heavy atom. The molecule has 1 saturated carbocycles. The quantitative estimate of drug-likeness (QED) is 0.851. The molecule has 1 atom stereocenters. The number of nitrogens with two attached hydrogens (primary N) is 1. The molecule has 1 aliphatic carbocycles. The number of rotatable bonds is 5. The molecule has 3 nitrogen and oxygen atoms in total. The largest absolute Gasteiger partial charge is 0.353 e. The average molecular weight is 353 g/mol. The lowest BCUT2D eigenvalue weighted by Crippen LogP contribution is -2.47. The molecule has 0 spiro atoms. The Morgan fingerprint density at radius 3 is 2.52 bits per heavy atom. The highest BCUT2D eigenvalue weighted by atomic mass is 79.9. The molecule has 3 N–H and O–H groups in total. The molecule has 1 unspecified atom stereocenters. The minimum absolute atomic E-state index is 0.0870. The fraction of sp³-hybridized carbons (Fsp3) is 0.588. The molecule has 116 valence electrons. The topological polar surface area (TPSA) is 55.1 Å². The van der Waals surface area contributed by atoms with E-state index in [1.165, 1.54) is 12.0 Å². The Morgan fingerprint density at radius 1 is 1.29 bits per heavy atom. The van der Waals surface area contributed by atoms with Crippen LogP contribution >= 0.6 is 15.9 Å².